The molecule has 0 bridgehead atoms. The Bertz CT molecular complexity index is 1140. The molecule has 1 fully saturated rings. The zero-order valence-corrected chi connectivity index (χ0v) is 16.0. The van der Waals surface area contributed by atoms with Gasteiger partial charge in [0.1, 0.15) is 5.58 Å². The number of fused-ring (bicyclic) bond motifs is 3. The van der Waals surface area contributed by atoms with Crippen molar-refractivity contribution in [3.63, 3.8) is 0 Å². The van der Waals surface area contributed by atoms with E-state index in [1.807, 2.05) is 6.20 Å². The average molecular weight is 356 g/mol. The van der Waals surface area contributed by atoms with Crippen molar-refractivity contribution in [2.24, 2.45) is 0 Å². The summed E-state index contributed by atoms with van der Waals surface area (Å²) in [7, 11) is 0. The zero-order valence-electron chi connectivity index (χ0n) is 16.0. The van der Waals surface area contributed by atoms with Crippen LogP contribution in [-0.4, -0.2) is 9.97 Å². The van der Waals surface area contributed by atoms with Crippen LogP contribution in [0.2, 0.25) is 0 Å². The van der Waals surface area contributed by atoms with Crippen LogP contribution in [0.15, 0.2) is 47.0 Å². The summed E-state index contributed by atoms with van der Waals surface area (Å²) in [5.41, 5.74) is 7.26. The van der Waals surface area contributed by atoms with Gasteiger partial charge in [0.15, 0.2) is 0 Å². The lowest BCUT2D eigenvalue weighted by Gasteiger charge is -2.20. The Balaban J connectivity index is 1.66. The second-order valence-electron chi connectivity index (χ2n) is 7.86. The minimum Gasteiger partial charge on any atom is -0.437 e. The van der Waals surface area contributed by atoms with Gasteiger partial charge in [0.05, 0.1) is 5.69 Å². The zero-order chi connectivity index (χ0) is 18.4. The summed E-state index contributed by atoms with van der Waals surface area (Å²) in [6.45, 7) is 4.21. The average Bonchev–Trinajstić information content (AvgIpc) is 3.08. The predicted octanol–water partition coefficient (Wildman–Crippen LogP) is 6.71. The number of benzene rings is 1. The van der Waals surface area contributed by atoms with Crippen molar-refractivity contribution in [3.8, 4) is 11.3 Å². The molecule has 1 aliphatic rings. The number of nitrogens with zero attached hydrogens (tertiary/aromatic N) is 2. The number of hydrogen-bond acceptors (Lipinski definition) is 3. The van der Waals surface area contributed by atoms with E-state index in [0.29, 0.717) is 5.92 Å². The Kier molecular flexibility index (Phi) is 3.96. The van der Waals surface area contributed by atoms with Gasteiger partial charge in [-0.25, -0.2) is 4.98 Å². The van der Waals surface area contributed by atoms with Gasteiger partial charge in [0, 0.05) is 34.1 Å². The number of furan rings is 1. The molecule has 1 aliphatic carbocycles. The molecule has 1 saturated carbocycles. The summed E-state index contributed by atoms with van der Waals surface area (Å²) < 4.78 is 6.29. The summed E-state index contributed by atoms with van der Waals surface area (Å²) in [4.78, 5) is 9.56. The van der Waals surface area contributed by atoms with Crippen LogP contribution in [0.5, 0.6) is 0 Å². The SMILES string of the molecule is Cc1cnc(-c2cccc3c2oc2nc(C4CCCCC4)ccc23)cc1C. The van der Waals surface area contributed by atoms with Crippen LogP contribution in [0.3, 0.4) is 0 Å². The number of rotatable bonds is 2. The van der Waals surface area contributed by atoms with Crippen LogP contribution < -0.4 is 0 Å². The summed E-state index contributed by atoms with van der Waals surface area (Å²) in [5.74, 6) is 0.581. The maximum atomic E-state index is 6.29. The number of aromatic nitrogens is 2. The molecule has 0 atom stereocenters. The Morgan fingerprint density at radius 1 is 0.926 bits per heavy atom. The third-order valence-corrected chi connectivity index (χ3v) is 6.06. The minimum atomic E-state index is 0.581. The Labute approximate surface area is 159 Å². The van der Waals surface area contributed by atoms with Gasteiger partial charge in [-0.3, -0.25) is 4.98 Å². The van der Waals surface area contributed by atoms with Gasteiger partial charge in [0.25, 0.3) is 0 Å². The van der Waals surface area contributed by atoms with E-state index < -0.39 is 0 Å². The molecule has 0 N–H and O–H groups in total. The van der Waals surface area contributed by atoms with E-state index in [-0.39, 0.29) is 0 Å². The molecule has 3 aromatic heterocycles. The van der Waals surface area contributed by atoms with E-state index >= 15 is 0 Å². The summed E-state index contributed by atoms with van der Waals surface area (Å²) in [5, 5.41) is 2.21. The molecule has 3 heterocycles. The summed E-state index contributed by atoms with van der Waals surface area (Å²) in [6, 6.07) is 12.8. The quantitative estimate of drug-likeness (QED) is 0.401. The molecule has 3 nitrogen and oxygen atoms in total. The second kappa shape index (κ2) is 6.49. The molecule has 0 radical (unpaired) electrons. The van der Waals surface area contributed by atoms with Crippen LogP contribution in [0, 0.1) is 13.8 Å². The number of para-hydroxylation sites is 1. The molecule has 4 aromatic rings. The largest absolute Gasteiger partial charge is 0.437 e. The van der Waals surface area contributed by atoms with E-state index in [9.17, 15) is 0 Å². The van der Waals surface area contributed by atoms with Crippen molar-refractivity contribution in [2.75, 3.05) is 0 Å². The molecule has 1 aromatic carbocycles. The number of aryl methyl sites for hydroxylation is 2. The molecule has 27 heavy (non-hydrogen) atoms. The monoisotopic (exact) mass is 356 g/mol. The minimum absolute atomic E-state index is 0.581. The van der Waals surface area contributed by atoms with Gasteiger partial charge in [-0.15, -0.1) is 0 Å². The molecule has 0 aliphatic heterocycles. The van der Waals surface area contributed by atoms with Crippen LogP contribution in [-0.2, 0) is 0 Å². The van der Waals surface area contributed by atoms with E-state index in [2.05, 4.69) is 55.2 Å². The van der Waals surface area contributed by atoms with Gasteiger partial charge >= 0.3 is 0 Å². The molecular formula is C24H24N2O. The van der Waals surface area contributed by atoms with Gasteiger partial charge < -0.3 is 4.42 Å². The first-order valence-corrected chi connectivity index (χ1v) is 9.96. The highest BCUT2D eigenvalue weighted by Crippen LogP contribution is 2.37. The fraction of sp³-hybridized carbons (Fsp3) is 0.333. The van der Waals surface area contributed by atoms with Gasteiger partial charge in [0.2, 0.25) is 5.71 Å². The van der Waals surface area contributed by atoms with Crippen molar-refractivity contribution < 1.29 is 4.42 Å². The maximum Gasteiger partial charge on any atom is 0.227 e. The molecule has 0 amide bonds. The highest BCUT2D eigenvalue weighted by molar-refractivity contribution is 6.08. The van der Waals surface area contributed by atoms with Gasteiger partial charge in [-0.05, 0) is 62.1 Å². The molecular weight excluding hydrogens is 332 g/mol. The Morgan fingerprint density at radius 3 is 2.59 bits per heavy atom. The van der Waals surface area contributed by atoms with E-state index in [1.165, 1.54) is 48.9 Å². The third kappa shape index (κ3) is 2.82. The smallest absolute Gasteiger partial charge is 0.227 e. The van der Waals surface area contributed by atoms with Crippen LogP contribution in [0.25, 0.3) is 33.3 Å². The van der Waals surface area contributed by atoms with Gasteiger partial charge in [-0.2, -0.15) is 0 Å². The lowest BCUT2D eigenvalue weighted by atomic mass is 9.86. The molecule has 0 unspecified atom stereocenters. The van der Waals surface area contributed by atoms with Crippen molar-refractivity contribution in [3.05, 3.63) is 59.4 Å². The molecule has 3 heteroatoms. The second-order valence-corrected chi connectivity index (χ2v) is 7.86. The first kappa shape index (κ1) is 16.5. The first-order valence-electron chi connectivity index (χ1n) is 9.96. The molecule has 136 valence electrons. The van der Waals surface area contributed by atoms with Gasteiger partial charge in [-0.1, -0.05) is 31.4 Å². The highest BCUT2D eigenvalue weighted by Gasteiger charge is 2.19. The normalized spacial score (nSPS) is 15.6. The maximum absolute atomic E-state index is 6.29. The van der Waals surface area contributed by atoms with Crippen LogP contribution >= 0.6 is 0 Å². The molecule has 0 spiro atoms. The summed E-state index contributed by atoms with van der Waals surface area (Å²) in [6.07, 6.45) is 8.41. The lowest BCUT2D eigenvalue weighted by Crippen LogP contribution is -2.06. The lowest BCUT2D eigenvalue weighted by molar-refractivity contribution is 0.436. The van der Waals surface area contributed by atoms with Crippen molar-refractivity contribution in [1.82, 2.24) is 9.97 Å². The fourth-order valence-corrected chi connectivity index (χ4v) is 4.29. The van der Waals surface area contributed by atoms with Crippen LogP contribution in [0.4, 0.5) is 0 Å². The number of pyridine rings is 2. The molecule has 5 rings (SSSR count). The Hall–Kier alpha value is -2.68. The third-order valence-electron chi connectivity index (χ3n) is 6.06. The van der Waals surface area contributed by atoms with Crippen molar-refractivity contribution >= 4 is 22.1 Å². The van der Waals surface area contributed by atoms with Crippen molar-refractivity contribution in [1.29, 1.82) is 0 Å². The predicted molar refractivity (Wildman–Crippen MR) is 110 cm³/mol. The Morgan fingerprint density at radius 2 is 1.78 bits per heavy atom. The van der Waals surface area contributed by atoms with Crippen LogP contribution in [0.1, 0.15) is 54.8 Å². The van der Waals surface area contributed by atoms with E-state index in [1.54, 1.807) is 0 Å². The number of hydrogen-bond donors (Lipinski definition) is 0. The van der Waals surface area contributed by atoms with E-state index in [4.69, 9.17) is 9.40 Å². The van der Waals surface area contributed by atoms with Crippen molar-refractivity contribution in [2.45, 2.75) is 51.9 Å². The standard InChI is InChI=1S/C24H24N2O/c1-15-13-22(25-14-16(15)2)20-10-6-9-18-19-11-12-21(17-7-4-3-5-8-17)26-24(19)27-23(18)20/h6,9-14,17H,3-5,7-8H2,1-2H3. The molecule has 0 saturated heterocycles. The summed E-state index contributed by atoms with van der Waals surface area (Å²) >= 11 is 0. The topological polar surface area (TPSA) is 38.9 Å². The fourth-order valence-electron chi connectivity index (χ4n) is 4.29. The highest BCUT2D eigenvalue weighted by atomic mass is 16.3. The first-order chi connectivity index (χ1) is 13.2. The van der Waals surface area contributed by atoms with E-state index in [0.717, 1.165) is 33.3 Å².